The lowest BCUT2D eigenvalue weighted by molar-refractivity contribution is 0.0933. The number of rotatable bonds is 5. The molecule has 0 spiro atoms. The molecule has 3 aromatic rings. The molecule has 0 saturated carbocycles. The van der Waals surface area contributed by atoms with Crippen LogP contribution in [0, 0.1) is 12.8 Å². The fourth-order valence-corrected chi connectivity index (χ4v) is 4.40. The Morgan fingerprint density at radius 1 is 1.00 bits per heavy atom. The molecule has 4 rings (SSSR count). The first-order chi connectivity index (χ1) is 14.5. The van der Waals surface area contributed by atoms with E-state index in [9.17, 15) is 9.90 Å². The van der Waals surface area contributed by atoms with Gasteiger partial charge in [-0.1, -0.05) is 53.6 Å². The molecule has 3 nitrogen and oxygen atoms in total. The lowest BCUT2D eigenvalue weighted by Crippen LogP contribution is -2.35. The van der Waals surface area contributed by atoms with Gasteiger partial charge in [0.2, 0.25) is 0 Å². The first-order valence-electron chi connectivity index (χ1n) is 10.4. The summed E-state index contributed by atoms with van der Waals surface area (Å²) >= 11 is 6.04. The van der Waals surface area contributed by atoms with Gasteiger partial charge >= 0.3 is 0 Å². The Morgan fingerprint density at radius 3 is 2.30 bits per heavy atom. The van der Waals surface area contributed by atoms with Crippen LogP contribution >= 0.6 is 11.6 Å². The zero-order chi connectivity index (χ0) is 21.1. The highest BCUT2D eigenvalue weighted by Gasteiger charge is 2.28. The van der Waals surface area contributed by atoms with Gasteiger partial charge in [0.25, 0.3) is 0 Å². The van der Waals surface area contributed by atoms with Gasteiger partial charge in [0.05, 0.1) is 6.10 Å². The van der Waals surface area contributed by atoms with Gasteiger partial charge < -0.3 is 10.0 Å². The number of hydrogen-bond acceptors (Lipinski definition) is 3. The summed E-state index contributed by atoms with van der Waals surface area (Å²) in [5.74, 6) is 0.152. The Morgan fingerprint density at radius 2 is 1.67 bits per heavy atom. The molecule has 1 saturated heterocycles. The summed E-state index contributed by atoms with van der Waals surface area (Å²) < 4.78 is 0. The van der Waals surface area contributed by atoms with Crippen molar-refractivity contribution in [2.45, 2.75) is 25.9 Å². The number of aliphatic hydroxyl groups excluding tert-OH is 1. The van der Waals surface area contributed by atoms with Gasteiger partial charge in [-0.2, -0.15) is 0 Å². The van der Waals surface area contributed by atoms with E-state index in [0.717, 1.165) is 48.9 Å². The third-order valence-electron chi connectivity index (χ3n) is 6.07. The van der Waals surface area contributed by atoms with E-state index >= 15 is 0 Å². The number of anilines is 1. The van der Waals surface area contributed by atoms with Crippen LogP contribution in [0.25, 0.3) is 11.1 Å². The highest BCUT2D eigenvalue weighted by Crippen LogP contribution is 2.37. The zero-order valence-electron chi connectivity index (χ0n) is 17.1. The molecule has 4 heteroatoms. The van der Waals surface area contributed by atoms with Crippen LogP contribution in [0.1, 0.15) is 40.4 Å². The van der Waals surface area contributed by atoms with Crippen molar-refractivity contribution < 1.29 is 9.90 Å². The summed E-state index contributed by atoms with van der Waals surface area (Å²) in [7, 11) is 0. The Labute approximate surface area is 182 Å². The minimum Gasteiger partial charge on any atom is -0.388 e. The largest absolute Gasteiger partial charge is 0.388 e. The molecule has 1 aliphatic heterocycles. The molecule has 3 aromatic carbocycles. The predicted molar refractivity (Wildman–Crippen MR) is 123 cm³/mol. The molecule has 154 valence electrons. The second-order valence-corrected chi connectivity index (χ2v) is 8.51. The van der Waals surface area contributed by atoms with E-state index in [1.165, 1.54) is 11.3 Å². The Hall–Kier alpha value is -2.62. The van der Waals surface area contributed by atoms with E-state index < -0.39 is 6.10 Å². The smallest absolute Gasteiger partial charge is 0.150 e. The molecule has 1 unspecified atom stereocenters. The fraction of sp³-hybridized carbons (Fsp3) is 0.269. The summed E-state index contributed by atoms with van der Waals surface area (Å²) in [5, 5.41) is 12.0. The van der Waals surface area contributed by atoms with Crippen molar-refractivity contribution in [1.82, 2.24) is 0 Å². The number of halogens is 1. The van der Waals surface area contributed by atoms with E-state index in [0.29, 0.717) is 10.6 Å². The highest BCUT2D eigenvalue weighted by atomic mass is 35.5. The van der Waals surface area contributed by atoms with Crippen LogP contribution in [0.4, 0.5) is 5.69 Å². The van der Waals surface area contributed by atoms with Gasteiger partial charge in [0.15, 0.2) is 0 Å². The van der Waals surface area contributed by atoms with Crippen LogP contribution in [0.3, 0.4) is 0 Å². The highest BCUT2D eigenvalue weighted by molar-refractivity contribution is 6.30. The molecule has 0 amide bonds. The van der Waals surface area contributed by atoms with Crippen LogP contribution in [0.15, 0.2) is 66.7 Å². The van der Waals surface area contributed by atoms with Gasteiger partial charge in [-0.05, 0) is 72.7 Å². The Kier molecular flexibility index (Phi) is 6.21. The molecule has 30 heavy (non-hydrogen) atoms. The molecule has 1 heterocycles. The van der Waals surface area contributed by atoms with Crippen LogP contribution in [0.2, 0.25) is 5.02 Å². The number of aryl methyl sites for hydroxylation is 1. The van der Waals surface area contributed by atoms with Crippen LogP contribution in [-0.2, 0) is 0 Å². The predicted octanol–water partition coefficient (Wildman–Crippen LogP) is 6.08. The van der Waals surface area contributed by atoms with E-state index in [1.807, 2.05) is 36.4 Å². The molecular formula is C26H26ClNO2. The van der Waals surface area contributed by atoms with Gasteiger partial charge in [-0.3, -0.25) is 4.79 Å². The molecule has 1 fully saturated rings. The van der Waals surface area contributed by atoms with Crippen molar-refractivity contribution in [3.05, 3.63) is 88.4 Å². The van der Waals surface area contributed by atoms with Crippen LogP contribution in [-0.4, -0.2) is 24.5 Å². The molecular weight excluding hydrogens is 394 g/mol. The quantitative estimate of drug-likeness (QED) is 0.509. The number of piperidine rings is 1. The summed E-state index contributed by atoms with van der Waals surface area (Å²) in [6.45, 7) is 3.92. The number of carbonyl (C=O) groups excluding carboxylic acids is 1. The van der Waals surface area contributed by atoms with Gasteiger partial charge in [0.1, 0.15) is 6.29 Å². The standard InChI is InChI=1S/C26H26ClNO2/c1-18-2-9-23(10-3-18)28-14-12-21(13-15-28)26(30)25-16-19(17-29)4-11-24(25)20-5-7-22(27)8-6-20/h2-11,16-17,21,26,30H,12-15H2,1H3. The van der Waals surface area contributed by atoms with Gasteiger partial charge in [-0.15, -0.1) is 0 Å². The minimum absolute atomic E-state index is 0.152. The van der Waals surface area contributed by atoms with E-state index in [1.54, 1.807) is 6.07 Å². The van der Waals surface area contributed by atoms with Gasteiger partial charge in [0, 0.05) is 29.4 Å². The second kappa shape index (κ2) is 9.03. The normalized spacial score (nSPS) is 15.8. The molecule has 0 bridgehead atoms. The van der Waals surface area contributed by atoms with Crippen molar-refractivity contribution >= 4 is 23.6 Å². The lowest BCUT2D eigenvalue weighted by Gasteiger charge is -2.36. The topological polar surface area (TPSA) is 40.5 Å². The summed E-state index contributed by atoms with van der Waals surface area (Å²) in [6.07, 6.45) is 2.03. The maximum Gasteiger partial charge on any atom is 0.150 e. The maximum atomic E-state index is 11.4. The van der Waals surface area contributed by atoms with Crippen LogP contribution < -0.4 is 4.90 Å². The lowest BCUT2D eigenvalue weighted by atomic mass is 9.83. The number of aldehydes is 1. The maximum absolute atomic E-state index is 11.4. The third kappa shape index (κ3) is 4.43. The number of nitrogens with zero attached hydrogens (tertiary/aromatic N) is 1. The SMILES string of the molecule is Cc1ccc(N2CCC(C(O)c3cc(C=O)ccc3-c3ccc(Cl)cc3)CC2)cc1. The fourth-order valence-electron chi connectivity index (χ4n) is 4.27. The number of carbonyl (C=O) groups is 1. The van der Waals surface area contributed by atoms with E-state index in [2.05, 4.69) is 36.1 Å². The summed E-state index contributed by atoms with van der Waals surface area (Å²) in [6, 6.07) is 21.8. The molecule has 0 aliphatic carbocycles. The first-order valence-corrected chi connectivity index (χ1v) is 10.8. The average Bonchev–Trinajstić information content (AvgIpc) is 2.79. The van der Waals surface area contributed by atoms with Crippen molar-refractivity contribution in [1.29, 1.82) is 0 Å². The number of benzene rings is 3. The molecule has 1 N–H and O–H groups in total. The molecule has 0 aromatic heterocycles. The molecule has 0 radical (unpaired) electrons. The average molecular weight is 420 g/mol. The van der Waals surface area contributed by atoms with Crippen molar-refractivity contribution in [3.8, 4) is 11.1 Å². The van der Waals surface area contributed by atoms with Crippen LogP contribution in [0.5, 0.6) is 0 Å². The van der Waals surface area contributed by atoms with Crippen molar-refractivity contribution in [2.24, 2.45) is 5.92 Å². The molecule has 1 aliphatic rings. The monoisotopic (exact) mass is 419 g/mol. The van der Waals surface area contributed by atoms with Crippen molar-refractivity contribution in [2.75, 3.05) is 18.0 Å². The third-order valence-corrected chi connectivity index (χ3v) is 6.32. The van der Waals surface area contributed by atoms with Crippen molar-refractivity contribution in [3.63, 3.8) is 0 Å². The Bertz CT molecular complexity index is 1010. The van der Waals surface area contributed by atoms with E-state index in [-0.39, 0.29) is 5.92 Å². The van der Waals surface area contributed by atoms with Gasteiger partial charge in [-0.25, -0.2) is 0 Å². The Balaban J connectivity index is 1.55. The summed E-state index contributed by atoms with van der Waals surface area (Å²) in [4.78, 5) is 13.7. The zero-order valence-corrected chi connectivity index (χ0v) is 17.8. The summed E-state index contributed by atoms with van der Waals surface area (Å²) in [5.41, 5.74) is 5.83. The van der Waals surface area contributed by atoms with E-state index in [4.69, 9.17) is 11.6 Å². The number of aliphatic hydroxyl groups is 1. The second-order valence-electron chi connectivity index (χ2n) is 8.08. The molecule has 1 atom stereocenters. The first kappa shape index (κ1) is 20.6. The number of hydrogen-bond donors (Lipinski definition) is 1. The minimum atomic E-state index is -0.615.